The van der Waals surface area contributed by atoms with Crippen LogP contribution in [-0.2, 0) is 6.54 Å². The van der Waals surface area contributed by atoms with Gasteiger partial charge in [0.05, 0.1) is 12.4 Å². The molecule has 0 aliphatic heterocycles. The standard InChI is InChI=1S/C7H12N2O/c1-2-3-4-9-6-7(10)5-8-9/h5-6,10H,2-4H2,1H3. The molecule has 1 heterocycles. The van der Waals surface area contributed by atoms with Gasteiger partial charge >= 0.3 is 0 Å². The van der Waals surface area contributed by atoms with Gasteiger partial charge in [-0.1, -0.05) is 13.3 Å². The maximum atomic E-state index is 8.87. The van der Waals surface area contributed by atoms with E-state index in [9.17, 15) is 0 Å². The average Bonchev–Trinajstić information content (AvgIpc) is 2.31. The van der Waals surface area contributed by atoms with Crippen molar-refractivity contribution in [3.05, 3.63) is 12.4 Å². The van der Waals surface area contributed by atoms with Crippen molar-refractivity contribution in [1.82, 2.24) is 9.78 Å². The Kier molecular flexibility index (Phi) is 2.31. The zero-order valence-corrected chi connectivity index (χ0v) is 6.12. The van der Waals surface area contributed by atoms with Crippen LogP contribution >= 0.6 is 0 Å². The lowest BCUT2D eigenvalue weighted by Gasteiger charge is -1.95. The highest BCUT2D eigenvalue weighted by molar-refractivity contribution is 5.08. The van der Waals surface area contributed by atoms with E-state index < -0.39 is 0 Å². The number of nitrogens with zero attached hydrogens (tertiary/aromatic N) is 2. The molecule has 0 radical (unpaired) electrons. The van der Waals surface area contributed by atoms with Crippen LogP contribution in [0.25, 0.3) is 0 Å². The van der Waals surface area contributed by atoms with Crippen LogP contribution in [0.2, 0.25) is 0 Å². The zero-order valence-electron chi connectivity index (χ0n) is 6.12. The summed E-state index contributed by atoms with van der Waals surface area (Å²) in [4.78, 5) is 0. The van der Waals surface area contributed by atoms with Crippen molar-refractivity contribution in [2.45, 2.75) is 26.3 Å². The normalized spacial score (nSPS) is 10.1. The molecule has 1 rings (SSSR count). The van der Waals surface area contributed by atoms with E-state index >= 15 is 0 Å². The van der Waals surface area contributed by atoms with Gasteiger partial charge in [0.15, 0.2) is 5.75 Å². The summed E-state index contributed by atoms with van der Waals surface area (Å²) in [5.74, 6) is 0.246. The van der Waals surface area contributed by atoms with Crippen LogP contribution in [0, 0.1) is 0 Å². The number of aryl methyl sites for hydroxylation is 1. The van der Waals surface area contributed by atoms with Crippen LogP contribution in [0.15, 0.2) is 12.4 Å². The molecule has 0 saturated carbocycles. The second-order valence-corrected chi connectivity index (χ2v) is 2.32. The van der Waals surface area contributed by atoms with Crippen molar-refractivity contribution in [2.24, 2.45) is 0 Å². The van der Waals surface area contributed by atoms with E-state index in [-0.39, 0.29) is 5.75 Å². The summed E-state index contributed by atoms with van der Waals surface area (Å²) in [5, 5.41) is 12.8. The molecule has 0 unspecified atom stereocenters. The first kappa shape index (κ1) is 7.12. The Bertz CT molecular complexity index is 195. The van der Waals surface area contributed by atoms with Gasteiger partial charge in [-0.05, 0) is 6.42 Å². The number of hydrogen-bond donors (Lipinski definition) is 1. The van der Waals surface area contributed by atoms with Crippen LogP contribution in [0.4, 0.5) is 0 Å². The maximum absolute atomic E-state index is 8.87. The fourth-order valence-corrected chi connectivity index (χ4v) is 0.795. The topological polar surface area (TPSA) is 38.0 Å². The first-order valence-corrected chi connectivity index (χ1v) is 3.54. The van der Waals surface area contributed by atoms with Crippen LogP contribution < -0.4 is 0 Å². The first-order chi connectivity index (χ1) is 4.83. The van der Waals surface area contributed by atoms with E-state index in [1.54, 1.807) is 10.9 Å². The van der Waals surface area contributed by atoms with Crippen molar-refractivity contribution in [3.63, 3.8) is 0 Å². The Morgan fingerprint density at radius 3 is 3.00 bits per heavy atom. The quantitative estimate of drug-likeness (QED) is 0.689. The molecule has 1 aromatic rings. The Morgan fingerprint density at radius 1 is 1.70 bits per heavy atom. The molecule has 0 aliphatic rings. The average molecular weight is 140 g/mol. The third-order valence-electron chi connectivity index (χ3n) is 1.36. The highest BCUT2D eigenvalue weighted by Crippen LogP contribution is 2.04. The Morgan fingerprint density at radius 2 is 2.50 bits per heavy atom. The number of hydrogen-bond acceptors (Lipinski definition) is 2. The molecule has 0 bridgehead atoms. The predicted octanol–water partition coefficient (Wildman–Crippen LogP) is 1.39. The summed E-state index contributed by atoms with van der Waals surface area (Å²) in [6, 6.07) is 0. The molecule has 56 valence electrons. The molecule has 0 amide bonds. The molecular weight excluding hydrogens is 128 g/mol. The van der Waals surface area contributed by atoms with Gasteiger partial charge in [0.2, 0.25) is 0 Å². The third-order valence-corrected chi connectivity index (χ3v) is 1.36. The molecule has 0 saturated heterocycles. The second-order valence-electron chi connectivity index (χ2n) is 2.32. The predicted molar refractivity (Wildman–Crippen MR) is 38.8 cm³/mol. The minimum atomic E-state index is 0.246. The van der Waals surface area contributed by atoms with Crippen LogP contribution in [0.3, 0.4) is 0 Å². The van der Waals surface area contributed by atoms with Gasteiger partial charge in [-0.25, -0.2) is 0 Å². The van der Waals surface area contributed by atoms with Gasteiger partial charge < -0.3 is 5.11 Å². The fourth-order valence-electron chi connectivity index (χ4n) is 0.795. The summed E-state index contributed by atoms with van der Waals surface area (Å²) >= 11 is 0. The Balaban J connectivity index is 2.42. The third kappa shape index (κ3) is 1.76. The van der Waals surface area contributed by atoms with Gasteiger partial charge in [-0.15, -0.1) is 0 Å². The molecule has 1 aromatic heterocycles. The van der Waals surface area contributed by atoms with Gasteiger partial charge in [0, 0.05) is 6.54 Å². The molecule has 0 spiro atoms. The van der Waals surface area contributed by atoms with Crippen molar-refractivity contribution in [3.8, 4) is 5.75 Å². The van der Waals surface area contributed by atoms with Gasteiger partial charge in [0.1, 0.15) is 0 Å². The van der Waals surface area contributed by atoms with Crippen LogP contribution in [-0.4, -0.2) is 14.9 Å². The summed E-state index contributed by atoms with van der Waals surface area (Å²) in [5.41, 5.74) is 0. The van der Waals surface area contributed by atoms with E-state index in [1.807, 2.05) is 0 Å². The SMILES string of the molecule is CCCCn1cc(O)cn1. The molecule has 10 heavy (non-hydrogen) atoms. The molecule has 1 N–H and O–H groups in total. The highest BCUT2D eigenvalue weighted by atomic mass is 16.3. The minimum Gasteiger partial charge on any atom is -0.505 e. The second kappa shape index (κ2) is 3.25. The molecule has 3 heteroatoms. The fraction of sp³-hybridized carbons (Fsp3) is 0.571. The maximum Gasteiger partial charge on any atom is 0.153 e. The van der Waals surface area contributed by atoms with E-state index in [0.717, 1.165) is 19.4 Å². The van der Waals surface area contributed by atoms with E-state index in [1.165, 1.54) is 6.20 Å². The Labute approximate surface area is 60.3 Å². The monoisotopic (exact) mass is 140 g/mol. The summed E-state index contributed by atoms with van der Waals surface area (Å²) < 4.78 is 1.75. The Hall–Kier alpha value is -0.990. The molecule has 0 aromatic carbocycles. The molecule has 0 aliphatic carbocycles. The van der Waals surface area contributed by atoms with Gasteiger partial charge in [-0.3, -0.25) is 4.68 Å². The largest absolute Gasteiger partial charge is 0.505 e. The van der Waals surface area contributed by atoms with E-state index in [4.69, 9.17) is 5.11 Å². The van der Waals surface area contributed by atoms with Crippen molar-refractivity contribution in [2.75, 3.05) is 0 Å². The van der Waals surface area contributed by atoms with E-state index in [2.05, 4.69) is 12.0 Å². The first-order valence-electron chi connectivity index (χ1n) is 3.54. The smallest absolute Gasteiger partial charge is 0.153 e. The highest BCUT2D eigenvalue weighted by Gasteiger charge is 1.92. The lowest BCUT2D eigenvalue weighted by molar-refractivity contribution is 0.472. The van der Waals surface area contributed by atoms with Gasteiger partial charge in [-0.2, -0.15) is 5.10 Å². The summed E-state index contributed by atoms with van der Waals surface area (Å²) in [7, 11) is 0. The minimum absolute atomic E-state index is 0.246. The van der Waals surface area contributed by atoms with Crippen molar-refractivity contribution in [1.29, 1.82) is 0 Å². The van der Waals surface area contributed by atoms with Crippen LogP contribution in [0.1, 0.15) is 19.8 Å². The number of aromatic hydroxyl groups is 1. The molecular formula is C7H12N2O. The number of aromatic nitrogens is 2. The number of rotatable bonds is 3. The van der Waals surface area contributed by atoms with Crippen LogP contribution in [0.5, 0.6) is 5.75 Å². The summed E-state index contributed by atoms with van der Waals surface area (Å²) in [6.45, 7) is 3.03. The van der Waals surface area contributed by atoms with Crippen molar-refractivity contribution < 1.29 is 5.11 Å². The lowest BCUT2D eigenvalue weighted by Crippen LogP contribution is -1.96. The zero-order chi connectivity index (χ0) is 7.40. The molecule has 0 fully saturated rings. The van der Waals surface area contributed by atoms with Crippen molar-refractivity contribution >= 4 is 0 Å². The van der Waals surface area contributed by atoms with E-state index in [0.29, 0.717) is 0 Å². The number of unbranched alkanes of at least 4 members (excludes halogenated alkanes) is 1. The molecule has 0 atom stereocenters. The lowest BCUT2D eigenvalue weighted by atomic mass is 10.3. The molecule has 3 nitrogen and oxygen atoms in total. The van der Waals surface area contributed by atoms with Gasteiger partial charge in [0.25, 0.3) is 0 Å². The summed E-state index contributed by atoms with van der Waals surface area (Å²) in [6.07, 6.45) is 5.35.